The van der Waals surface area contributed by atoms with Crippen LogP contribution in [0.15, 0.2) is 41.1 Å². The molecule has 0 aliphatic carbocycles. The smallest absolute Gasteiger partial charge is 0.250 e. The quantitative estimate of drug-likeness (QED) is 0.796. The van der Waals surface area contributed by atoms with Crippen molar-refractivity contribution >= 4 is 23.3 Å². The summed E-state index contributed by atoms with van der Waals surface area (Å²) in [5, 5.41) is 15.0. The van der Waals surface area contributed by atoms with E-state index >= 15 is 0 Å². The van der Waals surface area contributed by atoms with Crippen LogP contribution < -0.4 is 10.2 Å². The van der Waals surface area contributed by atoms with E-state index in [1.807, 2.05) is 13.0 Å². The van der Waals surface area contributed by atoms with Crippen molar-refractivity contribution in [1.82, 2.24) is 20.3 Å². The molecule has 0 radical (unpaired) electrons. The van der Waals surface area contributed by atoms with Gasteiger partial charge in [-0.1, -0.05) is 23.4 Å². The highest BCUT2D eigenvalue weighted by atomic mass is 16.5. The van der Waals surface area contributed by atoms with Gasteiger partial charge in [0.1, 0.15) is 5.76 Å². The number of benzene rings is 1. The van der Waals surface area contributed by atoms with Gasteiger partial charge in [-0.3, -0.25) is 0 Å². The predicted molar refractivity (Wildman–Crippen MR) is 86.1 cm³/mol. The van der Waals surface area contributed by atoms with Crippen molar-refractivity contribution in [1.29, 1.82) is 0 Å². The Hall–Kier alpha value is -2.96. The molecule has 3 heterocycles. The zero-order valence-electron chi connectivity index (χ0n) is 12.9. The molecule has 4 rings (SSSR count). The first kappa shape index (κ1) is 13.7. The molecule has 3 aromatic rings. The summed E-state index contributed by atoms with van der Waals surface area (Å²) in [4.78, 5) is 6.75. The lowest BCUT2D eigenvalue weighted by Crippen LogP contribution is -2.25. The molecule has 1 aliphatic rings. The van der Waals surface area contributed by atoms with E-state index in [-0.39, 0.29) is 0 Å². The fourth-order valence-electron chi connectivity index (χ4n) is 2.92. The van der Waals surface area contributed by atoms with Gasteiger partial charge in [0.2, 0.25) is 5.95 Å². The Morgan fingerprint density at radius 1 is 1.30 bits per heavy atom. The van der Waals surface area contributed by atoms with Gasteiger partial charge >= 0.3 is 0 Å². The lowest BCUT2D eigenvalue weighted by atomic mass is 10.1. The minimum absolute atomic E-state index is 0.325. The molecular weight excluding hydrogens is 292 g/mol. The molecule has 0 saturated carbocycles. The summed E-state index contributed by atoms with van der Waals surface area (Å²) in [6, 6.07) is 10.5. The number of nitrogens with zero attached hydrogens (tertiary/aromatic N) is 5. The molecule has 1 aliphatic heterocycles. The van der Waals surface area contributed by atoms with E-state index in [9.17, 15) is 0 Å². The first-order chi connectivity index (χ1) is 11.2. The van der Waals surface area contributed by atoms with Crippen LogP contribution in [0.25, 0.3) is 0 Å². The zero-order valence-corrected chi connectivity index (χ0v) is 12.9. The Kier molecular flexibility index (Phi) is 3.18. The average molecular weight is 308 g/mol. The SMILES string of the molecule is Cc1cc(Nc2nncc(N3c4ccccc4CC3C)n2)no1. The van der Waals surface area contributed by atoms with Crippen molar-refractivity contribution < 1.29 is 4.52 Å². The largest absolute Gasteiger partial charge is 0.360 e. The standard InChI is InChI=1S/C16H16N6O/c1-10-7-12-5-3-4-6-13(12)22(10)15-9-17-20-16(19-15)18-14-8-11(2)23-21-14/h3-6,8-10H,7H2,1-2H3,(H,18,19,20,21). The minimum Gasteiger partial charge on any atom is -0.360 e. The number of para-hydroxylation sites is 1. The number of rotatable bonds is 3. The van der Waals surface area contributed by atoms with Crippen molar-refractivity contribution in [2.75, 3.05) is 10.2 Å². The van der Waals surface area contributed by atoms with Gasteiger partial charge < -0.3 is 14.7 Å². The second-order valence-electron chi connectivity index (χ2n) is 5.64. The van der Waals surface area contributed by atoms with E-state index in [4.69, 9.17) is 4.52 Å². The van der Waals surface area contributed by atoms with E-state index in [1.165, 1.54) is 11.3 Å². The van der Waals surface area contributed by atoms with Crippen LogP contribution in [0.4, 0.5) is 23.3 Å². The van der Waals surface area contributed by atoms with E-state index in [2.05, 4.69) is 55.7 Å². The summed E-state index contributed by atoms with van der Waals surface area (Å²) in [6.45, 7) is 4.01. The summed E-state index contributed by atoms with van der Waals surface area (Å²) < 4.78 is 5.03. The first-order valence-electron chi connectivity index (χ1n) is 7.48. The van der Waals surface area contributed by atoms with Gasteiger partial charge in [0.25, 0.3) is 0 Å². The van der Waals surface area contributed by atoms with Crippen LogP contribution in [0.5, 0.6) is 0 Å². The van der Waals surface area contributed by atoms with E-state index in [0.717, 1.165) is 18.0 Å². The molecule has 0 spiro atoms. The maximum atomic E-state index is 5.03. The number of anilines is 4. The molecule has 0 bridgehead atoms. The van der Waals surface area contributed by atoms with E-state index < -0.39 is 0 Å². The topological polar surface area (TPSA) is 80.0 Å². The summed E-state index contributed by atoms with van der Waals surface area (Å²) in [5.41, 5.74) is 2.49. The molecule has 1 N–H and O–H groups in total. The highest BCUT2D eigenvalue weighted by Crippen LogP contribution is 2.36. The molecule has 0 saturated heterocycles. The first-order valence-corrected chi connectivity index (χ1v) is 7.48. The Labute approximate surface area is 133 Å². The fourth-order valence-corrected chi connectivity index (χ4v) is 2.92. The predicted octanol–water partition coefficient (Wildman–Crippen LogP) is 2.99. The van der Waals surface area contributed by atoms with Crippen molar-refractivity contribution in [3.8, 4) is 0 Å². The normalized spacial score (nSPS) is 16.4. The summed E-state index contributed by atoms with van der Waals surface area (Å²) in [5.74, 6) is 2.45. The highest BCUT2D eigenvalue weighted by molar-refractivity contribution is 5.69. The molecule has 0 fully saturated rings. The highest BCUT2D eigenvalue weighted by Gasteiger charge is 2.28. The summed E-state index contributed by atoms with van der Waals surface area (Å²) in [6.07, 6.45) is 2.67. The molecule has 7 nitrogen and oxygen atoms in total. The van der Waals surface area contributed by atoms with Crippen molar-refractivity contribution in [2.24, 2.45) is 0 Å². The number of fused-ring (bicyclic) bond motifs is 1. The van der Waals surface area contributed by atoms with Crippen LogP contribution in [0, 0.1) is 6.92 Å². The van der Waals surface area contributed by atoms with Gasteiger partial charge in [-0.25, -0.2) is 0 Å². The number of aryl methyl sites for hydroxylation is 1. The molecule has 7 heteroatoms. The third-order valence-electron chi connectivity index (χ3n) is 3.87. The summed E-state index contributed by atoms with van der Waals surface area (Å²) in [7, 11) is 0. The monoisotopic (exact) mass is 308 g/mol. The maximum absolute atomic E-state index is 5.03. The third-order valence-corrected chi connectivity index (χ3v) is 3.87. The van der Waals surface area contributed by atoms with Gasteiger partial charge in [0, 0.05) is 17.8 Å². The zero-order chi connectivity index (χ0) is 15.8. The van der Waals surface area contributed by atoms with Gasteiger partial charge in [-0.15, -0.1) is 5.10 Å². The van der Waals surface area contributed by atoms with E-state index in [0.29, 0.717) is 17.8 Å². The Balaban J connectivity index is 1.66. The molecule has 0 amide bonds. The van der Waals surface area contributed by atoms with Crippen molar-refractivity contribution in [3.63, 3.8) is 0 Å². The molecule has 2 aromatic heterocycles. The van der Waals surface area contributed by atoms with Crippen molar-refractivity contribution in [3.05, 3.63) is 47.9 Å². The Morgan fingerprint density at radius 2 is 2.17 bits per heavy atom. The van der Waals surface area contributed by atoms with Crippen LogP contribution in [0.2, 0.25) is 0 Å². The number of aromatic nitrogens is 4. The van der Waals surface area contributed by atoms with Gasteiger partial charge in [-0.2, -0.15) is 10.1 Å². The molecule has 116 valence electrons. The lowest BCUT2D eigenvalue weighted by molar-refractivity contribution is 0.400. The van der Waals surface area contributed by atoms with Crippen LogP contribution >= 0.6 is 0 Å². The molecule has 1 atom stereocenters. The van der Waals surface area contributed by atoms with Crippen LogP contribution in [-0.4, -0.2) is 26.4 Å². The number of nitrogens with one attached hydrogen (secondary N) is 1. The van der Waals surface area contributed by atoms with E-state index in [1.54, 1.807) is 12.3 Å². The van der Waals surface area contributed by atoms with Gasteiger partial charge in [-0.05, 0) is 31.9 Å². The van der Waals surface area contributed by atoms with Gasteiger partial charge in [0.15, 0.2) is 11.6 Å². The molecule has 1 unspecified atom stereocenters. The number of hydrogen-bond donors (Lipinski definition) is 1. The van der Waals surface area contributed by atoms with Crippen LogP contribution in [-0.2, 0) is 6.42 Å². The Morgan fingerprint density at radius 3 is 3.00 bits per heavy atom. The molecule has 1 aromatic carbocycles. The lowest BCUT2D eigenvalue weighted by Gasteiger charge is -2.23. The average Bonchev–Trinajstić information content (AvgIpc) is 3.09. The fraction of sp³-hybridized carbons (Fsp3) is 0.250. The molecule has 23 heavy (non-hydrogen) atoms. The third kappa shape index (κ3) is 2.50. The van der Waals surface area contributed by atoms with Crippen molar-refractivity contribution in [2.45, 2.75) is 26.3 Å². The van der Waals surface area contributed by atoms with Crippen LogP contribution in [0.1, 0.15) is 18.2 Å². The summed E-state index contributed by atoms with van der Waals surface area (Å²) >= 11 is 0. The minimum atomic E-state index is 0.325. The second kappa shape index (κ2) is 5.35. The maximum Gasteiger partial charge on any atom is 0.250 e. The Bertz CT molecular complexity index is 846. The molecular formula is C16H16N6O. The van der Waals surface area contributed by atoms with Gasteiger partial charge in [0.05, 0.1) is 6.20 Å². The van der Waals surface area contributed by atoms with Crippen LogP contribution in [0.3, 0.4) is 0 Å². The second-order valence-corrected chi connectivity index (χ2v) is 5.64. The number of hydrogen-bond acceptors (Lipinski definition) is 7.